The summed E-state index contributed by atoms with van der Waals surface area (Å²) in [5.74, 6) is 0.879. The Morgan fingerprint density at radius 3 is 2.90 bits per heavy atom. The summed E-state index contributed by atoms with van der Waals surface area (Å²) < 4.78 is 0. The number of nitrogens with two attached hydrogens (primary N) is 1. The zero-order valence-corrected chi connectivity index (χ0v) is 13.0. The SMILES string of the molecule is CCC1CCCC(N)(Cc2ccnc3ccccc23)CC1. The maximum atomic E-state index is 6.78. The highest BCUT2D eigenvalue weighted by Gasteiger charge is 2.29. The van der Waals surface area contributed by atoms with E-state index >= 15 is 0 Å². The van der Waals surface area contributed by atoms with Crippen LogP contribution in [0.5, 0.6) is 0 Å². The van der Waals surface area contributed by atoms with Crippen LogP contribution in [0.25, 0.3) is 10.9 Å². The van der Waals surface area contributed by atoms with Crippen LogP contribution in [-0.2, 0) is 6.42 Å². The first kappa shape index (κ1) is 14.5. The number of rotatable bonds is 3. The maximum absolute atomic E-state index is 6.78. The smallest absolute Gasteiger partial charge is 0.0704 e. The number of hydrogen-bond acceptors (Lipinski definition) is 2. The fourth-order valence-electron chi connectivity index (χ4n) is 3.78. The van der Waals surface area contributed by atoms with E-state index in [1.807, 2.05) is 6.20 Å². The molecule has 0 amide bonds. The molecule has 0 saturated heterocycles. The third-order valence-corrected chi connectivity index (χ3v) is 5.20. The molecule has 0 bridgehead atoms. The summed E-state index contributed by atoms with van der Waals surface area (Å²) in [7, 11) is 0. The Morgan fingerprint density at radius 2 is 2.05 bits per heavy atom. The molecular weight excluding hydrogens is 256 g/mol. The van der Waals surface area contributed by atoms with Gasteiger partial charge in [-0.3, -0.25) is 4.98 Å². The number of fused-ring (bicyclic) bond motifs is 1. The van der Waals surface area contributed by atoms with Gasteiger partial charge in [-0.1, -0.05) is 44.4 Å². The van der Waals surface area contributed by atoms with E-state index in [-0.39, 0.29) is 5.54 Å². The Kier molecular flexibility index (Phi) is 4.25. The minimum Gasteiger partial charge on any atom is -0.325 e. The molecule has 2 heteroatoms. The van der Waals surface area contributed by atoms with Gasteiger partial charge in [-0.25, -0.2) is 0 Å². The Hall–Kier alpha value is -1.41. The minimum atomic E-state index is -0.0337. The van der Waals surface area contributed by atoms with E-state index in [4.69, 9.17) is 5.73 Å². The van der Waals surface area contributed by atoms with Gasteiger partial charge in [0.2, 0.25) is 0 Å². The van der Waals surface area contributed by atoms with Crippen LogP contribution in [-0.4, -0.2) is 10.5 Å². The van der Waals surface area contributed by atoms with Crippen LogP contribution in [0.2, 0.25) is 0 Å². The standard InChI is InChI=1S/C19H26N2/c1-2-15-6-5-11-19(20,12-9-15)14-16-10-13-21-18-8-4-3-7-17(16)18/h3-4,7-8,10,13,15H,2,5-6,9,11-12,14,20H2,1H3. The fourth-order valence-corrected chi connectivity index (χ4v) is 3.78. The van der Waals surface area contributed by atoms with Gasteiger partial charge in [0.05, 0.1) is 5.52 Å². The predicted molar refractivity (Wildman–Crippen MR) is 89.2 cm³/mol. The lowest BCUT2D eigenvalue weighted by Gasteiger charge is -2.29. The van der Waals surface area contributed by atoms with Gasteiger partial charge in [0.25, 0.3) is 0 Å². The van der Waals surface area contributed by atoms with Crippen molar-refractivity contribution in [3.63, 3.8) is 0 Å². The zero-order valence-electron chi connectivity index (χ0n) is 13.0. The summed E-state index contributed by atoms with van der Waals surface area (Å²) >= 11 is 0. The van der Waals surface area contributed by atoms with Gasteiger partial charge < -0.3 is 5.73 Å². The number of para-hydroxylation sites is 1. The Morgan fingerprint density at radius 1 is 1.19 bits per heavy atom. The molecule has 21 heavy (non-hydrogen) atoms. The molecule has 3 rings (SSSR count). The molecule has 2 atom stereocenters. The first-order valence-corrected chi connectivity index (χ1v) is 8.32. The van der Waals surface area contributed by atoms with Gasteiger partial charge in [-0.05, 0) is 49.3 Å². The van der Waals surface area contributed by atoms with Crippen molar-refractivity contribution in [3.8, 4) is 0 Å². The normalized spacial score (nSPS) is 26.7. The molecule has 2 aromatic rings. The molecule has 0 spiro atoms. The van der Waals surface area contributed by atoms with Crippen molar-refractivity contribution < 1.29 is 0 Å². The average Bonchev–Trinajstić information content (AvgIpc) is 2.69. The molecule has 1 heterocycles. The number of hydrogen-bond donors (Lipinski definition) is 1. The molecule has 112 valence electrons. The molecule has 1 aliphatic rings. The fraction of sp³-hybridized carbons (Fsp3) is 0.526. The Bertz CT molecular complexity index is 602. The summed E-state index contributed by atoms with van der Waals surface area (Å²) in [6.07, 6.45) is 10.4. The minimum absolute atomic E-state index is 0.0337. The summed E-state index contributed by atoms with van der Waals surface area (Å²) in [6, 6.07) is 10.6. The van der Waals surface area contributed by atoms with Crippen LogP contribution in [0.1, 0.15) is 51.0 Å². The van der Waals surface area contributed by atoms with Crippen LogP contribution < -0.4 is 5.73 Å². The second-order valence-electron chi connectivity index (χ2n) is 6.73. The largest absolute Gasteiger partial charge is 0.325 e. The maximum Gasteiger partial charge on any atom is 0.0704 e. The van der Waals surface area contributed by atoms with Crippen molar-refractivity contribution in [2.45, 2.75) is 57.4 Å². The number of aromatic nitrogens is 1. The van der Waals surface area contributed by atoms with Gasteiger partial charge in [-0.15, -0.1) is 0 Å². The van der Waals surface area contributed by atoms with Crippen LogP contribution in [0.15, 0.2) is 36.5 Å². The van der Waals surface area contributed by atoms with Crippen molar-refractivity contribution >= 4 is 10.9 Å². The van der Waals surface area contributed by atoms with Gasteiger partial charge in [0, 0.05) is 17.1 Å². The number of benzene rings is 1. The van der Waals surface area contributed by atoms with Crippen LogP contribution in [0.4, 0.5) is 0 Å². The van der Waals surface area contributed by atoms with Crippen molar-refractivity contribution in [1.82, 2.24) is 4.98 Å². The highest BCUT2D eigenvalue weighted by molar-refractivity contribution is 5.81. The first-order chi connectivity index (χ1) is 10.2. The van der Waals surface area contributed by atoms with Crippen LogP contribution in [0, 0.1) is 5.92 Å². The van der Waals surface area contributed by atoms with E-state index in [1.165, 1.54) is 36.6 Å². The molecule has 2 unspecified atom stereocenters. The second kappa shape index (κ2) is 6.15. The molecule has 1 saturated carbocycles. The van der Waals surface area contributed by atoms with Gasteiger partial charge in [-0.2, -0.15) is 0 Å². The van der Waals surface area contributed by atoms with Crippen LogP contribution in [0.3, 0.4) is 0 Å². The molecule has 1 aromatic carbocycles. The Labute approximate surface area is 127 Å². The highest BCUT2D eigenvalue weighted by Crippen LogP contribution is 2.33. The lowest BCUT2D eigenvalue weighted by Crippen LogP contribution is -2.41. The molecule has 1 aromatic heterocycles. The van der Waals surface area contributed by atoms with Crippen molar-refractivity contribution in [3.05, 3.63) is 42.1 Å². The van der Waals surface area contributed by atoms with E-state index in [0.29, 0.717) is 0 Å². The molecular formula is C19H26N2. The molecule has 1 aliphatic carbocycles. The van der Waals surface area contributed by atoms with E-state index in [0.717, 1.165) is 30.7 Å². The van der Waals surface area contributed by atoms with Gasteiger partial charge in [0.15, 0.2) is 0 Å². The molecule has 2 nitrogen and oxygen atoms in total. The molecule has 0 aliphatic heterocycles. The third kappa shape index (κ3) is 3.26. The molecule has 1 fully saturated rings. The first-order valence-electron chi connectivity index (χ1n) is 8.32. The van der Waals surface area contributed by atoms with Crippen molar-refractivity contribution in [2.75, 3.05) is 0 Å². The number of pyridine rings is 1. The second-order valence-corrected chi connectivity index (χ2v) is 6.73. The Balaban J connectivity index is 1.84. The molecule has 0 radical (unpaired) electrons. The zero-order chi connectivity index (χ0) is 14.7. The lowest BCUT2D eigenvalue weighted by atomic mass is 9.83. The number of nitrogens with zero attached hydrogens (tertiary/aromatic N) is 1. The lowest BCUT2D eigenvalue weighted by molar-refractivity contribution is 0.359. The summed E-state index contributed by atoms with van der Waals surface area (Å²) in [6.45, 7) is 2.31. The van der Waals surface area contributed by atoms with E-state index in [1.54, 1.807) is 0 Å². The van der Waals surface area contributed by atoms with Gasteiger partial charge >= 0.3 is 0 Å². The molecule has 2 N–H and O–H groups in total. The van der Waals surface area contributed by atoms with E-state index in [9.17, 15) is 0 Å². The summed E-state index contributed by atoms with van der Waals surface area (Å²) in [5.41, 5.74) is 9.19. The van der Waals surface area contributed by atoms with Crippen LogP contribution >= 0.6 is 0 Å². The third-order valence-electron chi connectivity index (χ3n) is 5.20. The quantitative estimate of drug-likeness (QED) is 0.844. The predicted octanol–water partition coefficient (Wildman–Crippen LogP) is 4.47. The average molecular weight is 282 g/mol. The highest BCUT2D eigenvalue weighted by atomic mass is 14.7. The topological polar surface area (TPSA) is 38.9 Å². The summed E-state index contributed by atoms with van der Waals surface area (Å²) in [4.78, 5) is 4.46. The van der Waals surface area contributed by atoms with E-state index in [2.05, 4.69) is 42.2 Å². The van der Waals surface area contributed by atoms with Gasteiger partial charge in [0.1, 0.15) is 0 Å². The summed E-state index contributed by atoms with van der Waals surface area (Å²) in [5, 5.41) is 1.26. The van der Waals surface area contributed by atoms with Crippen molar-refractivity contribution in [2.24, 2.45) is 11.7 Å². The van der Waals surface area contributed by atoms with E-state index < -0.39 is 0 Å². The monoisotopic (exact) mass is 282 g/mol. The van der Waals surface area contributed by atoms with Crippen molar-refractivity contribution in [1.29, 1.82) is 0 Å².